The van der Waals surface area contributed by atoms with Crippen LogP contribution < -0.4 is 25.0 Å². The van der Waals surface area contributed by atoms with Crippen LogP contribution in [0.15, 0.2) is 96.1 Å². The average molecular weight is 564 g/mol. The Bertz CT molecular complexity index is 1590. The number of ether oxygens (including phenoxy) is 3. The molecule has 11 heteroatoms. The minimum absolute atomic E-state index is 0.0222. The lowest BCUT2D eigenvalue weighted by molar-refractivity contribution is -0.137. The molecule has 0 aliphatic rings. The number of hydrogen-bond donors (Lipinski definition) is 2. The van der Waals surface area contributed by atoms with Gasteiger partial charge in [-0.2, -0.15) is 18.3 Å². The van der Waals surface area contributed by atoms with Gasteiger partial charge in [-0.15, -0.1) is 0 Å². The molecule has 0 saturated heterocycles. The van der Waals surface area contributed by atoms with E-state index in [-0.39, 0.29) is 22.7 Å². The minimum Gasteiger partial charge on any atom is -0.493 e. The fourth-order valence-corrected chi connectivity index (χ4v) is 3.72. The normalized spacial score (nSPS) is 11.1. The van der Waals surface area contributed by atoms with Gasteiger partial charge in [0.1, 0.15) is 11.5 Å². The minimum atomic E-state index is -4.49. The number of hydrazone groups is 1. The summed E-state index contributed by atoms with van der Waals surface area (Å²) >= 11 is 0. The highest BCUT2D eigenvalue weighted by Gasteiger charge is 2.30. The molecule has 0 fully saturated rings. The van der Waals surface area contributed by atoms with Crippen molar-refractivity contribution in [3.8, 4) is 23.0 Å². The molecule has 4 aromatic carbocycles. The van der Waals surface area contributed by atoms with Crippen molar-refractivity contribution >= 4 is 23.7 Å². The van der Waals surface area contributed by atoms with E-state index < -0.39 is 23.6 Å². The van der Waals surface area contributed by atoms with Gasteiger partial charge in [-0.1, -0.05) is 30.3 Å². The Morgan fingerprint density at radius 1 is 0.780 bits per heavy atom. The number of para-hydroxylation sites is 1. The van der Waals surface area contributed by atoms with Crippen LogP contribution in [0.2, 0.25) is 0 Å². The van der Waals surface area contributed by atoms with Gasteiger partial charge in [-0.05, 0) is 66.2 Å². The predicted molar refractivity (Wildman–Crippen MR) is 147 cm³/mol. The summed E-state index contributed by atoms with van der Waals surface area (Å²) in [4.78, 5) is 25.7. The van der Waals surface area contributed by atoms with E-state index in [1.54, 1.807) is 54.6 Å². The third-order valence-corrected chi connectivity index (χ3v) is 5.70. The Balaban J connectivity index is 1.42. The number of benzene rings is 4. The molecule has 0 bridgehead atoms. The van der Waals surface area contributed by atoms with Gasteiger partial charge in [0.05, 0.1) is 37.2 Å². The van der Waals surface area contributed by atoms with Crippen LogP contribution in [0.1, 0.15) is 31.8 Å². The first kappa shape index (κ1) is 28.7. The fourth-order valence-electron chi connectivity index (χ4n) is 3.72. The average Bonchev–Trinajstić information content (AvgIpc) is 2.97. The molecule has 0 aromatic heterocycles. The zero-order valence-electron chi connectivity index (χ0n) is 21.9. The van der Waals surface area contributed by atoms with Crippen molar-refractivity contribution in [2.45, 2.75) is 6.18 Å². The highest BCUT2D eigenvalue weighted by atomic mass is 19.4. The molecule has 2 amide bonds. The largest absolute Gasteiger partial charge is 0.493 e. The number of carbonyl (C=O) groups is 2. The van der Waals surface area contributed by atoms with Crippen molar-refractivity contribution in [2.75, 3.05) is 19.5 Å². The van der Waals surface area contributed by atoms with Crippen molar-refractivity contribution < 1.29 is 37.0 Å². The van der Waals surface area contributed by atoms with Crippen molar-refractivity contribution in [1.29, 1.82) is 0 Å². The first-order valence-corrected chi connectivity index (χ1v) is 12.1. The van der Waals surface area contributed by atoms with Gasteiger partial charge in [0.15, 0.2) is 11.5 Å². The Labute approximate surface area is 233 Å². The number of carbonyl (C=O) groups excluding carboxylic acids is 2. The zero-order valence-corrected chi connectivity index (χ0v) is 21.9. The lowest BCUT2D eigenvalue weighted by Gasteiger charge is -2.12. The lowest BCUT2D eigenvalue weighted by atomic mass is 10.1. The maximum atomic E-state index is 13.0. The molecule has 0 aliphatic carbocycles. The van der Waals surface area contributed by atoms with E-state index in [4.69, 9.17) is 14.2 Å². The van der Waals surface area contributed by atoms with Crippen LogP contribution in [-0.2, 0) is 6.18 Å². The van der Waals surface area contributed by atoms with Crippen molar-refractivity contribution in [3.63, 3.8) is 0 Å². The number of rotatable bonds is 9. The van der Waals surface area contributed by atoms with Gasteiger partial charge in [0.2, 0.25) is 0 Å². The van der Waals surface area contributed by atoms with E-state index in [1.807, 2.05) is 0 Å². The Hall–Kier alpha value is -5.32. The molecule has 0 radical (unpaired) electrons. The summed E-state index contributed by atoms with van der Waals surface area (Å²) in [5, 5.41) is 6.67. The molecule has 8 nitrogen and oxygen atoms in total. The number of halogens is 3. The van der Waals surface area contributed by atoms with Crippen LogP contribution in [0, 0.1) is 0 Å². The summed E-state index contributed by atoms with van der Waals surface area (Å²) in [5.74, 6) is 0.101. The van der Waals surface area contributed by atoms with Gasteiger partial charge < -0.3 is 19.5 Å². The monoisotopic (exact) mass is 563 g/mol. The van der Waals surface area contributed by atoms with Gasteiger partial charge in [-0.3, -0.25) is 9.59 Å². The fraction of sp³-hybridized carbons (Fsp3) is 0.100. The van der Waals surface area contributed by atoms with Gasteiger partial charge >= 0.3 is 6.18 Å². The number of nitrogens with one attached hydrogen (secondary N) is 2. The van der Waals surface area contributed by atoms with Crippen LogP contribution in [-0.4, -0.2) is 32.2 Å². The first-order valence-electron chi connectivity index (χ1n) is 12.1. The van der Waals surface area contributed by atoms with Crippen molar-refractivity contribution in [2.24, 2.45) is 5.10 Å². The molecular weight excluding hydrogens is 539 g/mol. The van der Waals surface area contributed by atoms with E-state index in [0.717, 1.165) is 12.1 Å². The molecule has 0 spiro atoms. The second kappa shape index (κ2) is 12.7. The van der Waals surface area contributed by atoms with Crippen LogP contribution >= 0.6 is 0 Å². The Morgan fingerprint density at radius 2 is 1.49 bits per heavy atom. The number of hydrogen-bond acceptors (Lipinski definition) is 6. The molecule has 4 rings (SSSR count). The van der Waals surface area contributed by atoms with E-state index in [2.05, 4.69) is 15.8 Å². The summed E-state index contributed by atoms with van der Waals surface area (Å²) in [5.41, 5.74) is 2.82. The molecule has 0 unspecified atom stereocenters. The van der Waals surface area contributed by atoms with Crippen molar-refractivity contribution in [3.05, 3.63) is 113 Å². The third-order valence-electron chi connectivity index (χ3n) is 5.70. The molecular formula is C30H24F3N3O5. The number of methoxy groups -OCH3 is 2. The van der Waals surface area contributed by atoms with E-state index in [1.165, 1.54) is 44.7 Å². The highest BCUT2D eigenvalue weighted by molar-refractivity contribution is 6.09. The van der Waals surface area contributed by atoms with Crippen molar-refractivity contribution in [1.82, 2.24) is 5.43 Å². The predicted octanol–water partition coefficient (Wildman–Crippen LogP) is 6.53. The van der Waals surface area contributed by atoms with Gasteiger partial charge in [0.25, 0.3) is 11.8 Å². The quantitative estimate of drug-likeness (QED) is 0.178. The molecule has 41 heavy (non-hydrogen) atoms. The molecule has 0 aliphatic heterocycles. The second-order valence-corrected chi connectivity index (χ2v) is 8.47. The summed E-state index contributed by atoms with van der Waals surface area (Å²) < 4.78 is 54.9. The van der Waals surface area contributed by atoms with Crippen LogP contribution in [0.25, 0.3) is 0 Å². The molecule has 210 valence electrons. The lowest BCUT2D eigenvalue weighted by Crippen LogP contribution is -2.21. The second-order valence-electron chi connectivity index (χ2n) is 8.47. The van der Waals surface area contributed by atoms with E-state index >= 15 is 0 Å². The number of nitrogens with zero attached hydrogens (tertiary/aromatic N) is 1. The molecule has 2 N–H and O–H groups in total. The maximum absolute atomic E-state index is 13.0. The third kappa shape index (κ3) is 7.41. The van der Waals surface area contributed by atoms with Crippen LogP contribution in [0.3, 0.4) is 0 Å². The Kier molecular flexibility index (Phi) is 8.88. The maximum Gasteiger partial charge on any atom is 0.416 e. The van der Waals surface area contributed by atoms with E-state index in [0.29, 0.717) is 22.6 Å². The molecule has 0 saturated carbocycles. The number of anilines is 1. The Morgan fingerprint density at radius 3 is 2.22 bits per heavy atom. The summed E-state index contributed by atoms with van der Waals surface area (Å²) in [6.45, 7) is 0. The summed E-state index contributed by atoms with van der Waals surface area (Å²) in [6, 6.07) is 22.1. The first-order chi connectivity index (χ1) is 19.7. The van der Waals surface area contributed by atoms with Crippen LogP contribution in [0.4, 0.5) is 18.9 Å². The number of amides is 2. The standard InChI is InChI=1S/C30H24F3N3O5/c1-39-26-14-13-20(16-27(26)40-2)28(37)35-25-12-4-3-11-24(25)29(38)36-34-18-19-7-5-9-22(15-19)41-23-10-6-8-21(17-23)30(31,32)33/h3-18H,1-2H3,(H,35,37)(H,36,38)/b34-18+. The number of alkyl halides is 3. The summed E-state index contributed by atoms with van der Waals surface area (Å²) in [7, 11) is 2.94. The molecule has 0 atom stereocenters. The van der Waals surface area contributed by atoms with Gasteiger partial charge in [-0.25, -0.2) is 5.43 Å². The molecule has 0 heterocycles. The van der Waals surface area contributed by atoms with Gasteiger partial charge in [0, 0.05) is 5.56 Å². The van der Waals surface area contributed by atoms with Crippen LogP contribution in [0.5, 0.6) is 23.0 Å². The zero-order chi connectivity index (χ0) is 29.4. The summed E-state index contributed by atoms with van der Waals surface area (Å²) in [6.07, 6.45) is -3.14. The molecule has 4 aromatic rings. The SMILES string of the molecule is COc1ccc(C(=O)Nc2ccccc2C(=O)N/N=C/c2cccc(Oc3cccc(C(F)(F)F)c3)c2)cc1OC. The topological polar surface area (TPSA) is 98.2 Å². The van der Waals surface area contributed by atoms with E-state index in [9.17, 15) is 22.8 Å². The smallest absolute Gasteiger partial charge is 0.416 e. The highest BCUT2D eigenvalue weighted by Crippen LogP contribution is 2.33.